The van der Waals surface area contributed by atoms with Crippen molar-refractivity contribution in [2.24, 2.45) is 0 Å². The number of hydrogen-bond acceptors (Lipinski definition) is 2. The molecule has 1 heterocycles. The summed E-state index contributed by atoms with van der Waals surface area (Å²) >= 11 is 0. The van der Waals surface area contributed by atoms with Gasteiger partial charge in [-0.15, -0.1) is 0 Å². The molecule has 1 aliphatic rings. The lowest BCUT2D eigenvalue weighted by atomic mass is 9.98. The molecule has 0 atom stereocenters. The molecule has 1 N–H and O–H groups in total. The smallest absolute Gasteiger partial charge is 0.251 e. The lowest BCUT2D eigenvalue weighted by Gasteiger charge is -2.06. The van der Waals surface area contributed by atoms with Gasteiger partial charge in [0.15, 0.2) is 5.78 Å². The number of fused-ring (bicyclic) bond motifs is 1. The van der Waals surface area contributed by atoms with Gasteiger partial charge in [0, 0.05) is 24.1 Å². The monoisotopic (exact) mass is 217 g/mol. The van der Waals surface area contributed by atoms with Crippen LogP contribution in [0.5, 0.6) is 0 Å². The van der Waals surface area contributed by atoms with Gasteiger partial charge in [-0.1, -0.05) is 19.1 Å². The number of ketones is 1. The molecule has 1 aliphatic heterocycles. The minimum absolute atomic E-state index is 0.0572. The van der Waals surface area contributed by atoms with Gasteiger partial charge >= 0.3 is 0 Å². The van der Waals surface area contributed by atoms with E-state index in [4.69, 9.17) is 0 Å². The Hall–Kier alpha value is -1.64. The standard InChI is InChI=1S/C13H15NO2/c1-2-12(15)10-6-5-9-4-3-7-14-13(16)11(9)8-10/h5-6,8H,2-4,7H2,1H3,(H,14,16). The number of carbonyl (C=O) groups is 2. The second-order valence-electron chi connectivity index (χ2n) is 4.01. The zero-order valence-electron chi connectivity index (χ0n) is 9.38. The topological polar surface area (TPSA) is 46.2 Å². The Morgan fingerprint density at radius 2 is 2.25 bits per heavy atom. The third-order valence-electron chi connectivity index (χ3n) is 2.91. The van der Waals surface area contributed by atoms with Gasteiger partial charge in [0.05, 0.1) is 0 Å². The van der Waals surface area contributed by atoms with Crippen molar-refractivity contribution in [1.82, 2.24) is 5.32 Å². The molecule has 0 aromatic heterocycles. The number of benzene rings is 1. The average molecular weight is 217 g/mol. The zero-order chi connectivity index (χ0) is 11.5. The molecule has 3 nitrogen and oxygen atoms in total. The molecule has 2 rings (SSSR count). The highest BCUT2D eigenvalue weighted by atomic mass is 16.1. The van der Waals surface area contributed by atoms with Crippen LogP contribution >= 0.6 is 0 Å². The zero-order valence-corrected chi connectivity index (χ0v) is 9.38. The summed E-state index contributed by atoms with van der Waals surface area (Å²) in [6.45, 7) is 2.54. The predicted molar refractivity (Wildman–Crippen MR) is 61.7 cm³/mol. The summed E-state index contributed by atoms with van der Waals surface area (Å²) in [5, 5.41) is 2.83. The molecule has 16 heavy (non-hydrogen) atoms. The Balaban J connectivity index is 2.43. The Bertz CT molecular complexity index is 438. The number of carbonyl (C=O) groups excluding carboxylic acids is 2. The molecule has 0 aliphatic carbocycles. The predicted octanol–water partition coefficient (Wildman–Crippen LogP) is 1.96. The lowest BCUT2D eigenvalue weighted by Crippen LogP contribution is -2.22. The summed E-state index contributed by atoms with van der Waals surface area (Å²) in [5.41, 5.74) is 2.35. The molecular weight excluding hydrogens is 202 g/mol. The summed E-state index contributed by atoms with van der Waals surface area (Å²) in [7, 11) is 0. The van der Waals surface area contributed by atoms with E-state index in [0.717, 1.165) is 18.4 Å². The fraction of sp³-hybridized carbons (Fsp3) is 0.385. The van der Waals surface area contributed by atoms with Crippen molar-refractivity contribution in [3.63, 3.8) is 0 Å². The minimum Gasteiger partial charge on any atom is -0.352 e. The van der Waals surface area contributed by atoms with Gasteiger partial charge in [-0.05, 0) is 24.5 Å². The van der Waals surface area contributed by atoms with Crippen molar-refractivity contribution in [3.8, 4) is 0 Å². The summed E-state index contributed by atoms with van der Waals surface area (Å²) < 4.78 is 0. The van der Waals surface area contributed by atoms with E-state index >= 15 is 0 Å². The van der Waals surface area contributed by atoms with Gasteiger partial charge in [-0.25, -0.2) is 0 Å². The van der Waals surface area contributed by atoms with E-state index in [2.05, 4.69) is 5.32 Å². The second kappa shape index (κ2) is 4.47. The number of amides is 1. The van der Waals surface area contributed by atoms with Gasteiger partial charge in [0.1, 0.15) is 0 Å². The van der Waals surface area contributed by atoms with Gasteiger partial charge in [0.2, 0.25) is 0 Å². The van der Waals surface area contributed by atoms with Gasteiger partial charge < -0.3 is 5.32 Å². The third kappa shape index (κ3) is 1.98. The van der Waals surface area contributed by atoms with Crippen LogP contribution in [-0.4, -0.2) is 18.2 Å². The van der Waals surface area contributed by atoms with Crippen LogP contribution in [0.25, 0.3) is 0 Å². The third-order valence-corrected chi connectivity index (χ3v) is 2.91. The summed E-state index contributed by atoms with van der Waals surface area (Å²) in [5.74, 6) is 0.0260. The van der Waals surface area contributed by atoms with Crippen molar-refractivity contribution in [2.45, 2.75) is 26.2 Å². The number of hydrogen-bond donors (Lipinski definition) is 1. The quantitative estimate of drug-likeness (QED) is 0.770. The molecule has 0 spiro atoms. The number of rotatable bonds is 2. The minimum atomic E-state index is -0.0572. The van der Waals surface area contributed by atoms with E-state index in [1.165, 1.54) is 0 Å². The molecule has 1 amide bonds. The van der Waals surface area contributed by atoms with E-state index < -0.39 is 0 Å². The van der Waals surface area contributed by atoms with E-state index in [1.54, 1.807) is 6.07 Å². The molecule has 0 unspecified atom stereocenters. The van der Waals surface area contributed by atoms with E-state index in [-0.39, 0.29) is 11.7 Å². The fourth-order valence-corrected chi connectivity index (χ4v) is 1.96. The first-order valence-corrected chi connectivity index (χ1v) is 5.66. The summed E-state index contributed by atoms with van der Waals surface area (Å²) in [6.07, 6.45) is 2.33. The first-order chi connectivity index (χ1) is 7.72. The maximum absolute atomic E-state index is 11.7. The molecule has 0 saturated heterocycles. The first-order valence-electron chi connectivity index (χ1n) is 5.66. The largest absolute Gasteiger partial charge is 0.352 e. The molecular formula is C13H15NO2. The second-order valence-corrected chi connectivity index (χ2v) is 4.01. The van der Waals surface area contributed by atoms with Crippen LogP contribution in [0.4, 0.5) is 0 Å². The SMILES string of the molecule is CCC(=O)c1ccc2c(c1)C(=O)NCCC2. The summed E-state index contributed by atoms with van der Waals surface area (Å²) in [4.78, 5) is 23.3. The van der Waals surface area contributed by atoms with Crippen molar-refractivity contribution in [3.05, 3.63) is 34.9 Å². The van der Waals surface area contributed by atoms with Crippen LogP contribution in [0.1, 0.15) is 46.0 Å². The molecule has 84 valence electrons. The van der Waals surface area contributed by atoms with Crippen LogP contribution in [-0.2, 0) is 6.42 Å². The normalized spacial score (nSPS) is 14.9. The van der Waals surface area contributed by atoms with E-state index in [9.17, 15) is 9.59 Å². The van der Waals surface area contributed by atoms with E-state index in [0.29, 0.717) is 24.1 Å². The molecule has 1 aromatic carbocycles. The lowest BCUT2D eigenvalue weighted by molar-refractivity contribution is 0.0956. The molecule has 0 bridgehead atoms. The Morgan fingerprint density at radius 3 is 3.00 bits per heavy atom. The maximum Gasteiger partial charge on any atom is 0.251 e. The van der Waals surface area contributed by atoms with Crippen LogP contribution in [0, 0.1) is 0 Å². The number of nitrogens with one attached hydrogen (secondary N) is 1. The van der Waals surface area contributed by atoms with Crippen LogP contribution in [0.3, 0.4) is 0 Å². The molecule has 3 heteroatoms. The van der Waals surface area contributed by atoms with Gasteiger partial charge in [-0.2, -0.15) is 0 Å². The maximum atomic E-state index is 11.7. The van der Waals surface area contributed by atoms with Crippen molar-refractivity contribution >= 4 is 11.7 Å². The van der Waals surface area contributed by atoms with E-state index in [1.807, 2.05) is 19.1 Å². The van der Waals surface area contributed by atoms with Crippen LogP contribution in [0.15, 0.2) is 18.2 Å². The fourth-order valence-electron chi connectivity index (χ4n) is 1.96. The Morgan fingerprint density at radius 1 is 1.44 bits per heavy atom. The number of aryl methyl sites for hydroxylation is 1. The summed E-state index contributed by atoms with van der Waals surface area (Å²) in [6, 6.07) is 5.45. The van der Waals surface area contributed by atoms with Gasteiger partial charge in [0.25, 0.3) is 5.91 Å². The number of Topliss-reactive ketones (excluding diaryl/α,β-unsaturated/α-hetero) is 1. The molecule has 0 fully saturated rings. The average Bonchev–Trinajstić information content (AvgIpc) is 2.50. The Kier molecular flexibility index (Phi) is 3.04. The van der Waals surface area contributed by atoms with Crippen LogP contribution < -0.4 is 5.32 Å². The van der Waals surface area contributed by atoms with Crippen LogP contribution in [0.2, 0.25) is 0 Å². The van der Waals surface area contributed by atoms with Crippen molar-refractivity contribution in [2.75, 3.05) is 6.54 Å². The molecule has 0 radical (unpaired) electrons. The Labute approximate surface area is 94.9 Å². The molecule has 0 saturated carbocycles. The highest BCUT2D eigenvalue weighted by molar-refractivity contribution is 6.01. The molecule has 1 aromatic rings. The highest BCUT2D eigenvalue weighted by Gasteiger charge is 2.16. The van der Waals surface area contributed by atoms with Crippen molar-refractivity contribution < 1.29 is 9.59 Å². The first kappa shape index (κ1) is 10.9. The van der Waals surface area contributed by atoms with Crippen molar-refractivity contribution in [1.29, 1.82) is 0 Å². The van der Waals surface area contributed by atoms with Gasteiger partial charge in [-0.3, -0.25) is 9.59 Å². The highest BCUT2D eigenvalue weighted by Crippen LogP contribution is 2.17.